The minimum Gasteiger partial charge on any atom is -0.497 e. The van der Waals surface area contributed by atoms with Crippen molar-refractivity contribution in [2.24, 2.45) is 0 Å². The molecular weight excluding hydrogens is 287 g/mol. The Labute approximate surface area is 130 Å². The lowest BCUT2D eigenvalue weighted by atomic mass is 9.91. The van der Waals surface area contributed by atoms with Crippen molar-refractivity contribution in [2.45, 2.75) is 25.0 Å². The van der Waals surface area contributed by atoms with E-state index >= 15 is 0 Å². The highest BCUT2D eigenvalue weighted by Crippen LogP contribution is 2.26. The van der Waals surface area contributed by atoms with Gasteiger partial charge >= 0.3 is 0 Å². The number of nitrogens with zero attached hydrogens (tertiary/aromatic N) is 2. The van der Waals surface area contributed by atoms with E-state index in [4.69, 9.17) is 4.74 Å². The van der Waals surface area contributed by atoms with Crippen molar-refractivity contribution in [3.63, 3.8) is 0 Å². The number of carbonyl (C=O) groups excluding carboxylic acids is 1. The normalized spacial score (nSPS) is 22.3. The minimum absolute atomic E-state index is 0.137. The Morgan fingerprint density at radius 3 is 2.82 bits per heavy atom. The zero-order valence-electron chi connectivity index (χ0n) is 13.3. The maximum absolute atomic E-state index is 13.9. The predicted octanol–water partition coefficient (Wildman–Crippen LogP) is 1.25. The zero-order chi connectivity index (χ0) is 16.3. The van der Waals surface area contributed by atoms with Gasteiger partial charge in [0.1, 0.15) is 11.6 Å². The van der Waals surface area contributed by atoms with Crippen LogP contribution in [0, 0.1) is 5.82 Å². The van der Waals surface area contributed by atoms with Crippen LogP contribution in [0.3, 0.4) is 0 Å². The second-order valence-corrected chi connectivity index (χ2v) is 6.06. The monoisotopic (exact) mass is 310 g/mol. The number of likely N-dealkylation sites (tertiary alicyclic amines) is 1. The van der Waals surface area contributed by atoms with Gasteiger partial charge in [-0.05, 0) is 45.1 Å². The van der Waals surface area contributed by atoms with Gasteiger partial charge in [-0.15, -0.1) is 0 Å². The first-order valence-corrected chi connectivity index (χ1v) is 7.34. The molecule has 22 heavy (non-hydrogen) atoms. The number of amides is 1. The van der Waals surface area contributed by atoms with Gasteiger partial charge in [0.25, 0.3) is 5.91 Å². The summed E-state index contributed by atoms with van der Waals surface area (Å²) in [6.45, 7) is 0.922. The molecule has 6 heteroatoms. The number of carbonyl (C=O) groups is 1. The largest absolute Gasteiger partial charge is 0.497 e. The lowest BCUT2D eigenvalue weighted by Gasteiger charge is -2.39. The van der Waals surface area contributed by atoms with Crippen LogP contribution in [-0.2, 0) is 11.3 Å². The molecule has 1 aromatic carbocycles. The van der Waals surface area contributed by atoms with Gasteiger partial charge in [0.05, 0.1) is 7.11 Å². The number of aliphatic hydroxyl groups is 1. The van der Waals surface area contributed by atoms with Crippen LogP contribution in [0.2, 0.25) is 0 Å². The van der Waals surface area contributed by atoms with Crippen molar-refractivity contribution in [1.29, 1.82) is 0 Å². The molecule has 1 aliphatic rings. The van der Waals surface area contributed by atoms with E-state index in [0.29, 0.717) is 30.7 Å². The first-order chi connectivity index (χ1) is 10.4. The number of benzene rings is 1. The van der Waals surface area contributed by atoms with Gasteiger partial charge < -0.3 is 19.6 Å². The summed E-state index contributed by atoms with van der Waals surface area (Å²) in [4.78, 5) is 15.9. The molecule has 1 amide bonds. The molecular formula is C16H23FN2O3. The van der Waals surface area contributed by atoms with Crippen molar-refractivity contribution in [3.8, 4) is 5.75 Å². The van der Waals surface area contributed by atoms with Crippen molar-refractivity contribution >= 4 is 5.91 Å². The van der Waals surface area contributed by atoms with Gasteiger partial charge in [0, 0.05) is 25.2 Å². The molecule has 0 radical (unpaired) electrons. The summed E-state index contributed by atoms with van der Waals surface area (Å²) in [7, 11) is 5.14. The fraction of sp³-hybridized carbons (Fsp3) is 0.562. The molecule has 1 atom stereocenters. The Kier molecular flexibility index (Phi) is 5.03. The van der Waals surface area contributed by atoms with Crippen LogP contribution in [0.5, 0.6) is 5.75 Å². The molecule has 0 aromatic heterocycles. The van der Waals surface area contributed by atoms with E-state index in [1.54, 1.807) is 17.0 Å². The van der Waals surface area contributed by atoms with Gasteiger partial charge in [0.15, 0.2) is 5.60 Å². The fourth-order valence-corrected chi connectivity index (χ4v) is 2.89. The lowest BCUT2D eigenvalue weighted by molar-refractivity contribution is -0.159. The third kappa shape index (κ3) is 3.56. The molecule has 0 aliphatic carbocycles. The fourth-order valence-electron chi connectivity index (χ4n) is 2.89. The molecule has 122 valence electrons. The van der Waals surface area contributed by atoms with E-state index in [1.807, 2.05) is 14.1 Å². The summed E-state index contributed by atoms with van der Waals surface area (Å²) in [6.07, 6.45) is 1.13. The number of ether oxygens (including phenoxy) is 1. The van der Waals surface area contributed by atoms with E-state index < -0.39 is 5.60 Å². The maximum Gasteiger partial charge on any atom is 0.256 e. The Balaban J connectivity index is 2.17. The smallest absolute Gasteiger partial charge is 0.256 e. The standard InChI is InChI=1S/C16H23FN2O3/c1-18(2)11-16(21)7-4-8-19(15(16)20)10-12-9-13(22-3)5-6-14(12)17/h5-6,9,21H,4,7-8,10-11H2,1-3H3/t16-/m1/s1. The number of piperidine rings is 1. The van der Waals surface area contributed by atoms with Gasteiger partial charge in [-0.2, -0.15) is 0 Å². The van der Waals surface area contributed by atoms with Crippen LogP contribution in [0.1, 0.15) is 18.4 Å². The number of hydrogen-bond donors (Lipinski definition) is 1. The van der Waals surface area contributed by atoms with E-state index in [1.165, 1.54) is 18.1 Å². The third-order valence-electron chi connectivity index (χ3n) is 3.90. The van der Waals surface area contributed by atoms with E-state index in [0.717, 1.165) is 0 Å². The average Bonchev–Trinajstić information content (AvgIpc) is 2.45. The van der Waals surface area contributed by atoms with Gasteiger partial charge in [-0.1, -0.05) is 0 Å². The van der Waals surface area contributed by atoms with Crippen LogP contribution in [0.25, 0.3) is 0 Å². The van der Waals surface area contributed by atoms with Gasteiger partial charge in [-0.25, -0.2) is 4.39 Å². The van der Waals surface area contributed by atoms with Gasteiger partial charge in [0.2, 0.25) is 0 Å². The number of likely N-dealkylation sites (N-methyl/N-ethyl adjacent to an activating group) is 1. The highest BCUT2D eigenvalue weighted by atomic mass is 19.1. The SMILES string of the molecule is COc1ccc(F)c(CN2CCC[C@@](O)(CN(C)C)C2=O)c1. The molecule has 1 aromatic rings. The molecule has 0 saturated carbocycles. The van der Waals surface area contributed by atoms with E-state index in [2.05, 4.69) is 0 Å². The second kappa shape index (κ2) is 6.62. The van der Waals surface area contributed by atoms with E-state index in [-0.39, 0.29) is 24.8 Å². The maximum atomic E-state index is 13.9. The molecule has 1 N–H and O–H groups in total. The molecule has 1 aliphatic heterocycles. The third-order valence-corrected chi connectivity index (χ3v) is 3.90. The summed E-state index contributed by atoms with van der Waals surface area (Å²) >= 11 is 0. The number of methoxy groups -OCH3 is 1. The van der Waals surface area contributed by atoms with Crippen LogP contribution >= 0.6 is 0 Å². The highest BCUT2D eigenvalue weighted by molar-refractivity contribution is 5.86. The Hall–Kier alpha value is -1.66. The first-order valence-electron chi connectivity index (χ1n) is 7.34. The first kappa shape index (κ1) is 16.7. The van der Waals surface area contributed by atoms with Crippen LogP contribution in [0.15, 0.2) is 18.2 Å². The number of halogens is 1. The Morgan fingerprint density at radius 2 is 2.18 bits per heavy atom. The quantitative estimate of drug-likeness (QED) is 0.889. The van der Waals surface area contributed by atoms with Crippen LogP contribution in [-0.4, -0.2) is 60.7 Å². The van der Waals surface area contributed by atoms with Crippen LogP contribution in [0.4, 0.5) is 4.39 Å². The van der Waals surface area contributed by atoms with Gasteiger partial charge in [-0.3, -0.25) is 4.79 Å². The van der Waals surface area contributed by atoms with E-state index in [9.17, 15) is 14.3 Å². The predicted molar refractivity (Wildman–Crippen MR) is 81.1 cm³/mol. The molecule has 1 heterocycles. The Morgan fingerprint density at radius 1 is 1.45 bits per heavy atom. The lowest BCUT2D eigenvalue weighted by Crippen LogP contribution is -2.57. The minimum atomic E-state index is -1.39. The highest BCUT2D eigenvalue weighted by Gasteiger charge is 2.42. The summed E-state index contributed by atoms with van der Waals surface area (Å²) in [5.41, 5.74) is -1.00. The zero-order valence-corrected chi connectivity index (χ0v) is 13.3. The average molecular weight is 310 g/mol. The molecule has 0 unspecified atom stereocenters. The number of rotatable bonds is 5. The molecule has 1 fully saturated rings. The molecule has 1 saturated heterocycles. The number of hydrogen-bond acceptors (Lipinski definition) is 4. The molecule has 2 rings (SSSR count). The Bertz CT molecular complexity index is 550. The van der Waals surface area contributed by atoms with Crippen molar-refractivity contribution in [3.05, 3.63) is 29.6 Å². The second-order valence-electron chi connectivity index (χ2n) is 6.06. The summed E-state index contributed by atoms with van der Waals surface area (Å²) in [5, 5.41) is 10.6. The summed E-state index contributed by atoms with van der Waals surface area (Å²) in [5.74, 6) is -0.172. The van der Waals surface area contributed by atoms with Crippen molar-refractivity contribution in [1.82, 2.24) is 9.80 Å². The van der Waals surface area contributed by atoms with Crippen molar-refractivity contribution in [2.75, 3.05) is 34.3 Å². The topological polar surface area (TPSA) is 53.0 Å². The molecule has 0 bridgehead atoms. The molecule has 0 spiro atoms. The van der Waals surface area contributed by atoms with Crippen molar-refractivity contribution < 1.29 is 19.0 Å². The molecule has 5 nitrogen and oxygen atoms in total. The summed E-state index contributed by atoms with van der Waals surface area (Å²) in [6, 6.07) is 4.45. The van der Waals surface area contributed by atoms with Crippen LogP contribution < -0.4 is 4.74 Å². The summed E-state index contributed by atoms with van der Waals surface area (Å²) < 4.78 is 19.0.